The Morgan fingerprint density at radius 3 is 2.26 bits per heavy atom. The fourth-order valence-corrected chi connectivity index (χ4v) is 3.94. The summed E-state index contributed by atoms with van der Waals surface area (Å²) < 4.78 is 1.42. The van der Waals surface area contributed by atoms with Crippen LogP contribution >= 0.6 is 0 Å². The summed E-state index contributed by atoms with van der Waals surface area (Å²) in [5.41, 5.74) is 8.21. The van der Waals surface area contributed by atoms with E-state index in [4.69, 9.17) is 5.73 Å². The molecule has 5 rings (SSSR count). The third-order valence-corrected chi connectivity index (χ3v) is 5.85. The Labute approximate surface area is 202 Å². The van der Waals surface area contributed by atoms with Gasteiger partial charge in [-0.15, -0.1) is 5.10 Å². The first kappa shape index (κ1) is 22.1. The van der Waals surface area contributed by atoms with Crippen LogP contribution in [0.1, 0.15) is 20.8 Å². The van der Waals surface area contributed by atoms with Crippen molar-refractivity contribution in [1.82, 2.24) is 24.9 Å². The monoisotopic (exact) mass is 468 g/mol. The summed E-state index contributed by atoms with van der Waals surface area (Å²) in [5, 5.41) is 11.0. The molecule has 35 heavy (non-hydrogen) atoms. The highest BCUT2D eigenvalue weighted by atomic mass is 16.2. The number of anilines is 3. The van der Waals surface area contributed by atoms with Crippen LogP contribution in [-0.2, 0) is 0 Å². The van der Waals surface area contributed by atoms with Crippen molar-refractivity contribution in [1.29, 1.82) is 0 Å². The molecule has 3 N–H and O–H groups in total. The molecule has 0 spiro atoms. The standard InChI is InChI=1S/C25H24N8O2/c26-23-22(25(35)32-16-14-31(15-17-32)21-8-4-5-13-27-21)29-30-33(23)20-11-9-19(10-12-20)28-24(34)18-6-2-1-3-7-18/h1-13H,14-17,26H2,(H,28,34). The van der Waals surface area contributed by atoms with Gasteiger partial charge in [-0.2, -0.15) is 4.68 Å². The average Bonchev–Trinajstić information content (AvgIpc) is 3.31. The van der Waals surface area contributed by atoms with Gasteiger partial charge in [0, 0.05) is 43.6 Å². The second-order valence-corrected chi connectivity index (χ2v) is 8.07. The highest BCUT2D eigenvalue weighted by Gasteiger charge is 2.27. The van der Waals surface area contributed by atoms with Gasteiger partial charge in [0.25, 0.3) is 11.8 Å². The number of nitrogen functional groups attached to an aromatic ring is 1. The molecule has 0 aliphatic carbocycles. The number of aromatic nitrogens is 4. The maximum absolute atomic E-state index is 13.1. The number of amides is 2. The van der Waals surface area contributed by atoms with E-state index in [1.165, 1.54) is 4.68 Å². The molecule has 2 aromatic carbocycles. The Bertz CT molecular complexity index is 1310. The van der Waals surface area contributed by atoms with Crippen LogP contribution in [-0.4, -0.2) is 62.9 Å². The van der Waals surface area contributed by atoms with Crippen molar-refractivity contribution >= 4 is 29.1 Å². The van der Waals surface area contributed by atoms with E-state index in [1.807, 2.05) is 36.4 Å². The number of piperazine rings is 1. The number of carbonyl (C=O) groups is 2. The first-order valence-corrected chi connectivity index (χ1v) is 11.2. The zero-order chi connectivity index (χ0) is 24.2. The Kier molecular flexibility index (Phi) is 6.08. The molecule has 2 amide bonds. The smallest absolute Gasteiger partial charge is 0.278 e. The molecular formula is C25H24N8O2. The highest BCUT2D eigenvalue weighted by molar-refractivity contribution is 6.04. The molecule has 4 aromatic rings. The van der Waals surface area contributed by atoms with Crippen LogP contribution in [0.5, 0.6) is 0 Å². The van der Waals surface area contributed by atoms with Crippen molar-refractivity contribution in [3.63, 3.8) is 0 Å². The first-order valence-electron chi connectivity index (χ1n) is 11.2. The lowest BCUT2D eigenvalue weighted by Gasteiger charge is -2.35. The van der Waals surface area contributed by atoms with E-state index in [-0.39, 0.29) is 23.3 Å². The molecule has 1 fully saturated rings. The van der Waals surface area contributed by atoms with Crippen molar-refractivity contribution in [2.24, 2.45) is 0 Å². The summed E-state index contributed by atoms with van der Waals surface area (Å²) in [4.78, 5) is 33.7. The number of rotatable bonds is 5. The van der Waals surface area contributed by atoms with E-state index in [0.717, 1.165) is 5.82 Å². The van der Waals surface area contributed by atoms with Crippen molar-refractivity contribution in [2.45, 2.75) is 0 Å². The van der Waals surface area contributed by atoms with E-state index in [9.17, 15) is 9.59 Å². The number of nitrogens with zero attached hydrogens (tertiary/aromatic N) is 6. The van der Waals surface area contributed by atoms with Crippen LogP contribution in [0.3, 0.4) is 0 Å². The minimum atomic E-state index is -0.249. The fourth-order valence-electron chi connectivity index (χ4n) is 3.94. The van der Waals surface area contributed by atoms with Gasteiger partial charge in [0.1, 0.15) is 5.82 Å². The second kappa shape index (κ2) is 9.64. The molecule has 176 valence electrons. The van der Waals surface area contributed by atoms with E-state index >= 15 is 0 Å². The number of benzene rings is 2. The number of nitrogens with one attached hydrogen (secondary N) is 1. The number of hydrogen-bond donors (Lipinski definition) is 2. The molecule has 1 aliphatic heterocycles. The Morgan fingerprint density at radius 2 is 1.57 bits per heavy atom. The summed E-state index contributed by atoms with van der Waals surface area (Å²) in [6.45, 7) is 2.43. The lowest BCUT2D eigenvalue weighted by Crippen LogP contribution is -2.49. The van der Waals surface area contributed by atoms with Gasteiger partial charge in [0.15, 0.2) is 11.5 Å². The predicted octanol–water partition coefficient (Wildman–Crippen LogP) is 2.46. The third-order valence-electron chi connectivity index (χ3n) is 5.85. The van der Waals surface area contributed by atoms with Crippen molar-refractivity contribution in [2.75, 3.05) is 42.1 Å². The topological polar surface area (TPSA) is 122 Å². The molecule has 1 aliphatic rings. The Hall–Kier alpha value is -4.73. The molecule has 2 aromatic heterocycles. The lowest BCUT2D eigenvalue weighted by atomic mass is 10.2. The molecule has 10 heteroatoms. The van der Waals surface area contributed by atoms with Gasteiger partial charge in [-0.3, -0.25) is 9.59 Å². The number of pyridine rings is 1. The predicted molar refractivity (Wildman–Crippen MR) is 133 cm³/mol. The van der Waals surface area contributed by atoms with Crippen LogP contribution in [0.25, 0.3) is 5.69 Å². The van der Waals surface area contributed by atoms with Crippen molar-refractivity contribution < 1.29 is 9.59 Å². The number of nitrogens with two attached hydrogens (primary N) is 1. The fraction of sp³-hybridized carbons (Fsp3) is 0.160. The quantitative estimate of drug-likeness (QED) is 0.461. The largest absolute Gasteiger partial charge is 0.382 e. The molecule has 3 heterocycles. The van der Waals surface area contributed by atoms with Crippen molar-refractivity contribution in [3.8, 4) is 5.69 Å². The van der Waals surface area contributed by atoms with Crippen molar-refractivity contribution in [3.05, 3.63) is 90.3 Å². The molecule has 0 radical (unpaired) electrons. The maximum Gasteiger partial charge on any atom is 0.278 e. The molecular weight excluding hydrogens is 444 g/mol. The van der Waals surface area contributed by atoms with Crippen LogP contribution in [0, 0.1) is 0 Å². The van der Waals surface area contributed by atoms with Crippen LogP contribution in [0.4, 0.5) is 17.3 Å². The summed E-state index contributed by atoms with van der Waals surface area (Å²) in [5.74, 6) is 0.618. The molecule has 0 saturated carbocycles. The average molecular weight is 469 g/mol. The maximum atomic E-state index is 13.1. The molecule has 10 nitrogen and oxygen atoms in total. The minimum absolute atomic E-state index is 0.123. The van der Waals surface area contributed by atoms with Gasteiger partial charge < -0.3 is 20.9 Å². The van der Waals surface area contributed by atoms with E-state index in [1.54, 1.807) is 47.5 Å². The van der Waals surface area contributed by atoms with Gasteiger partial charge >= 0.3 is 0 Å². The van der Waals surface area contributed by atoms with Gasteiger partial charge in [0.05, 0.1) is 5.69 Å². The Balaban J connectivity index is 1.24. The van der Waals surface area contributed by atoms with Crippen LogP contribution < -0.4 is 16.0 Å². The van der Waals surface area contributed by atoms with Crippen LogP contribution in [0.2, 0.25) is 0 Å². The number of carbonyl (C=O) groups excluding carboxylic acids is 2. The summed E-state index contributed by atoms with van der Waals surface area (Å²) >= 11 is 0. The molecule has 1 saturated heterocycles. The highest BCUT2D eigenvalue weighted by Crippen LogP contribution is 2.20. The molecule has 0 atom stereocenters. The van der Waals surface area contributed by atoms with Gasteiger partial charge in [0.2, 0.25) is 0 Å². The van der Waals surface area contributed by atoms with Crippen LogP contribution in [0.15, 0.2) is 79.0 Å². The zero-order valence-corrected chi connectivity index (χ0v) is 18.9. The van der Waals surface area contributed by atoms with E-state index < -0.39 is 0 Å². The lowest BCUT2D eigenvalue weighted by molar-refractivity contribution is 0.0741. The second-order valence-electron chi connectivity index (χ2n) is 8.07. The van der Waals surface area contributed by atoms with Gasteiger partial charge in [-0.05, 0) is 48.5 Å². The summed E-state index contributed by atoms with van der Waals surface area (Å²) in [7, 11) is 0. The van der Waals surface area contributed by atoms with Gasteiger partial charge in [-0.25, -0.2) is 4.98 Å². The van der Waals surface area contributed by atoms with E-state index in [0.29, 0.717) is 43.1 Å². The summed E-state index contributed by atoms with van der Waals surface area (Å²) in [6.07, 6.45) is 1.76. The molecule has 0 unspecified atom stereocenters. The third kappa shape index (κ3) is 4.67. The zero-order valence-electron chi connectivity index (χ0n) is 18.9. The SMILES string of the molecule is Nc1c(C(=O)N2CCN(c3ccccn3)CC2)nnn1-c1ccc(NC(=O)c2ccccc2)cc1. The minimum Gasteiger partial charge on any atom is -0.382 e. The van der Waals surface area contributed by atoms with Gasteiger partial charge in [-0.1, -0.05) is 29.5 Å². The molecule has 0 bridgehead atoms. The van der Waals surface area contributed by atoms with E-state index in [2.05, 4.69) is 25.5 Å². The normalized spacial score (nSPS) is 13.5. The summed E-state index contributed by atoms with van der Waals surface area (Å²) in [6, 6.07) is 21.8. The first-order chi connectivity index (χ1) is 17.1. The number of hydrogen-bond acceptors (Lipinski definition) is 7. The Morgan fingerprint density at radius 1 is 0.857 bits per heavy atom.